The van der Waals surface area contributed by atoms with Crippen LogP contribution in [0, 0.1) is 0 Å². The van der Waals surface area contributed by atoms with Gasteiger partial charge in [-0.3, -0.25) is 0 Å². The van der Waals surface area contributed by atoms with Crippen molar-refractivity contribution in [3.8, 4) is 0 Å². The molecule has 132 valence electrons. The van der Waals surface area contributed by atoms with Gasteiger partial charge in [-0.1, -0.05) is 6.92 Å². The molecule has 0 rings (SSSR count). The lowest BCUT2D eigenvalue weighted by atomic mass is 10.5. The monoisotopic (exact) mass is 388 g/mol. The van der Waals surface area contributed by atoms with Gasteiger partial charge in [-0.25, -0.2) is 0 Å². The third-order valence-electron chi connectivity index (χ3n) is 1.15. The van der Waals surface area contributed by atoms with E-state index in [2.05, 4.69) is 83.2 Å². The van der Waals surface area contributed by atoms with Crippen molar-refractivity contribution in [2.75, 3.05) is 20.1 Å². The normalized spacial score (nSPS) is 7.23. The third kappa shape index (κ3) is 98.3. The molecule has 0 aliphatic heterocycles. The molecule has 0 radical (unpaired) electrons. The van der Waals surface area contributed by atoms with E-state index >= 15 is 0 Å². The number of nitrogens with two attached hydrogens (primary N) is 5. The van der Waals surface area contributed by atoms with Gasteiger partial charge < -0.3 is 44.6 Å². The van der Waals surface area contributed by atoms with Gasteiger partial charge in [0.05, 0.1) is 0 Å². The van der Waals surface area contributed by atoms with Gasteiger partial charge in [-0.15, -0.1) is 0 Å². The maximum absolute atomic E-state index is 5.10. The second-order valence-electron chi connectivity index (χ2n) is 3.20. The summed E-state index contributed by atoms with van der Waals surface area (Å²) in [5.41, 5.74) is 24.3. The van der Waals surface area contributed by atoms with Crippen LogP contribution in [-0.4, -0.2) is 40.6 Å². The van der Waals surface area contributed by atoms with Gasteiger partial charge in [-0.2, -0.15) is 0 Å². The smallest absolute Gasteiger partial charge is 0.163 e. The van der Waals surface area contributed by atoms with Crippen molar-refractivity contribution in [2.45, 2.75) is 20.3 Å². The summed E-state index contributed by atoms with van der Waals surface area (Å²) in [6.07, 6.45) is 1.07. The van der Waals surface area contributed by atoms with Crippen LogP contribution in [0.25, 0.3) is 0 Å². The molecule has 0 saturated heterocycles. The molecule has 0 aromatic rings. The second kappa shape index (κ2) is 24.8. The van der Waals surface area contributed by atoms with E-state index in [1.54, 1.807) is 7.05 Å². The van der Waals surface area contributed by atoms with Crippen molar-refractivity contribution >= 4 is 69.3 Å². The van der Waals surface area contributed by atoms with E-state index in [9.17, 15) is 0 Å². The Kier molecular flexibility index (Phi) is 32.5. The first-order chi connectivity index (χ1) is 10.0. The lowest BCUT2D eigenvalue weighted by Crippen LogP contribution is -2.29. The summed E-state index contributed by atoms with van der Waals surface area (Å²) >= 11 is 17.4. The van der Waals surface area contributed by atoms with Gasteiger partial charge in [0.1, 0.15) is 0 Å². The number of rotatable bonds is 3. The Bertz CT molecular complexity index is 307. The van der Waals surface area contributed by atoms with E-state index in [-0.39, 0.29) is 5.11 Å². The third-order valence-corrected chi connectivity index (χ3v) is 1.64. The van der Waals surface area contributed by atoms with Crippen molar-refractivity contribution < 1.29 is 0 Å². The molecule has 8 nitrogen and oxygen atoms in total. The van der Waals surface area contributed by atoms with Gasteiger partial charge in [0.2, 0.25) is 0 Å². The molecule has 0 saturated carbocycles. The zero-order valence-corrected chi connectivity index (χ0v) is 16.4. The highest BCUT2D eigenvalue weighted by Gasteiger charge is 1.79. The summed E-state index contributed by atoms with van der Waals surface area (Å²) in [5.74, 6) is 0. The first-order valence-corrected chi connectivity index (χ1v) is 7.76. The minimum atomic E-state index is 0.000000000000000222. The molecule has 0 aromatic heterocycles. The van der Waals surface area contributed by atoms with E-state index in [1.165, 1.54) is 0 Å². The van der Waals surface area contributed by atoms with Crippen LogP contribution in [0.15, 0.2) is 0 Å². The van der Waals surface area contributed by atoms with E-state index in [1.807, 2.05) is 6.92 Å². The fraction of sp³-hybridized carbons (Fsp3) is 0.600. The molecule has 13 N–H and O–H groups in total. The predicted molar refractivity (Wildman–Crippen MR) is 112 cm³/mol. The zero-order chi connectivity index (χ0) is 18.6. The van der Waals surface area contributed by atoms with Gasteiger partial charge in [-0.05, 0) is 62.2 Å². The van der Waals surface area contributed by atoms with E-state index in [0.717, 1.165) is 19.5 Å². The zero-order valence-electron chi connectivity index (χ0n) is 13.1. The molecule has 0 amide bonds. The molecule has 0 unspecified atom stereocenters. The van der Waals surface area contributed by atoms with Crippen LogP contribution in [0.2, 0.25) is 0 Å². The van der Waals surface area contributed by atoms with Crippen LogP contribution in [0.4, 0.5) is 0 Å². The van der Waals surface area contributed by atoms with Crippen molar-refractivity contribution in [1.82, 2.24) is 16.0 Å². The van der Waals surface area contributed by atoms with Crippen molar-refractivity contribution in [3.63, 3.8) is 0 Å². The topological polar surface area (TPSA) is 166 Å². The highest BCUT2D eigenvalue weighted by molar-refractivity contribution is 7.80. The lowest BCUT2D eigenvalue weighted by Gasteiger charge is -1.96. The van der Waals surface area contributed by atoms with Gasteiger partial charge in [0.15, 0.2) is 20.4 Å². The van der Waals surface area contributed by atoms with Crippen molar-refractivity contribution in [3.05, 3.63) is 0 Å². The van der Waals surface area contributed by atoms with Crippen LogP contribution in [0.3, 0.4) is 0 Å². The molecule has 22 heavy (non-hydrogen) atoms. The Morgan fingerprint density at radius 3 is 1.14 bits per heavy atom. The fourth-order valence-electron chi connectivity index (χ4n) is 0.422. The summed E-state index contributed by atoms with van der Waals surface area (Å²) in [4.78, 5) is 0. The van der Waals surface area contributed by atoms with E-state index < -0.39 is 0 Å². The molecular weight excluding hydrogens is 360 g/mol. The molecule has 12 heteroatoms. The molecule has 0 atom stereocenters. The summed E-state index contributed by atoms with van der Waals surface area (Å²) in [7, 11) is 1.68. The minimum Gasteiger partial charge on any atom is -0.377 e. The van der Waals surface area contributed by atoms with Crippen LogP contribution >= 0.6 is 48.9 Å². The van der Waals surface area contributed by atoms with Crippen LogP contribution in [-0.2, 0) is 0 Å². The van der Waals surface area contributed by atoms with Crippen molar-refractivity contribution in [2.24, 2.45) is 28.7 Å². The average molecular weight is 389 g/mol. The lowest BCUT2D eigenvalue weighted by molar-refractivity contribution is 0.843. The van der Waals surface area contributed by atoms with E-state index in [4.69, 9.17) is 17.2 Å². The standard InChI is InChI=1S/C4H10N2S.C3H8N2S.C2H6N2S.CH4N2S/c1-2-3-6-4(5)7;1-2-5-3(4)6;1-4-2(3)5;2-1(3)4/h2-3H2,1H3,(H3,5,6,7);2H2,1H3,(H3,4,5,6);1H3,(H3,3,4,5);(H4,2,3,4). The molecule has 0 spiro atoms. The Balaban J connectivity index is -0.000000100. The molecule has 0 aliphatic rings. The number of nitrogens with one attached hydrogen (secondary N) is 3. The van der Waals surface area contributed by atoms with Gasteiger partial charge in [0, 0.05) is 20.1 Å². The van der Waals surface area contributed by atoms with Gasteiger partial charge in [0.25, 0.3) is 0 Å². The minimum absolute atomic E-state index is 0.000000000000000222. The highest BCUT2D eigenvalue weighted by atomic mass is 32.1. The maximum Gasteiger partial charge on any atom is 0.163 e. The summed E-state index contributed by atoms with van der Waals surface area (Å²) in [6, 6.07) is 0. The number of hydrogen-bond acceptors (Lipinski definition) is 4. The Labute approximate surface area is 154 Å². The molecule has 0 aromatic carbocycles. The van der Waals surface area contributed by atoms with Crippen LogP contribution in [0.1, 0.15) is 20.3 Å². The average Bonchev–Trinajstić information content (AvgIpc) is 2.36. The second-order valence-corrected chi connectivity index (χ2v) is 4.99. The molecule has 0 fully saturated rings. The van der Waals surface area contributed by atoms with Gasteiger partial charge >= 0.3 is 0 Å². The Morgan fingerprint density at radius 1 is 0.773 bits per heavy atom. The summed E-state index contributed by atoms with van der Waals surface area (Å²) in [5, 5.41) is 9.16. The van der Waals surface area contributed by atoms with Crippen molar-refractivity contribution in [1.29, 1.82) is 0 Å². The Hall–Kier alpha value is -1.24. The maximum atomic E-state index is 5.10. The molecule has 0 aliphatic carbocycles. The van der Waals surface area contributed by atoms with E-state index in [0.29, 0.717) is 15.3 Å². The molecular formula is C10H28N8S4. The van der Waals surface area contributed by atoms with Crippen LogP contribution < -0.4 is 44.6 Å². The number of thiocarbonyl (C=S) groups is 4. The first kappa shape index (κ1) is 28.9. The number of hydrogen-bond donors (Lipinski definition) is 8. The summed E-state index contributed by atoms with van der Waals surface area (Å²) < 4.78 is 0. The summed E-state index contributed by atoms with van der Waals surface area (Å²) in [6.45, 7) is 5.70. The first-order valence-electron chi connectivity index (χ1n) is 6.13. The fourth-order valence-corrected chi connectivity index (χ4v) is 0.669. The Morgan fingerprint density at radius 2 is 1.09 bits per heavy atom. The quantitative estimate of drug-likeness (QED) is 0.270. The molecule has 0 heterocycles. The highest BCUT2D eigenvalue weighted by Crippen LogP contribution is 1.66. The molecule has 0 bridgehead atoms. The predicted octanol–water partition coefficient (Wildman–Crippen LogP) is -1.29. The van der Waals surface area contributed by atoms with Crippen LogP contribution in [0.5, 0.6) is 0 Å². The SMILES string of the molecule is CCCNC(N)=S.CCNC(N)=S.CNC(N)=S.NC(N)=S. The largest absolute Gasteiger partial charge is 0.377 e.